The van der Waals surface area contributed by atoms with Crippen LogP contribution in [-0.4, -0.2) is 55.7 Å². The van der Waals surface area contributed by atoms with Gasteiger partial charge >= 0.3 is 5.97 Å². The first kappa shape index (κ1) is 22.8. The monoisotopic (exact) mass is 534 g/mol. The number of aliphatic imine (C=N–C) groups is 1. The molecule has 5 heterocycles. The molecule has 10 nitrogen and oxygen atoms in total. The molecule has 5 aliphatic rings. The number of anilines is 1. The minimum absolute atomic E-state index is 0.0711. The van der Waals surface area contributed by atoms with Crippen LogP contribution in [0.2, 0.25) is 0 Å². The fourth-order valence-electron chi connectivity index (χ4n) is 5.87. The summed E-state index contributed by atoms with van der Waals surface area (Å²) in [7, 11) is 1.80. The van der Waals surface area contributed by atoms with Crippen molar-refractivity contribution in [3.05, 3.63) is 50.1 Å². The van der Waals surface area contributed by atoms with E-state index in [0.29, 0.717) is 28.2 Å². The zero-order valence-corrected chi connectivity index (χ0v) is 21.3. The number of aryl methyl sites for hydroxylation is 1. The van der Waals surface area contributed by atoms with Crippen LogP contribution >= 0.6 is 23.5 Å². The number of nitrogens with two attached hydrogens (primary N) is 1. The molecule has 0 saturated carbocycles. The molecule has 1 aromatic heterocycles. The van der Waals surface area contributed by atoms with Crippen LogP contribution in [0.1, 0.15) is 24.1 Å². The van der Waals surface area contributed by atoms with Crippen LogP contribution in [0, 0.1) is 0 Å². The zero-order chi connectivity index (χ0) is 25.6. The van der Waals surface area contributed by atoms with E-state index in [1.807, 2.05) is 6.21 Å². The summed E-state index contributed by atoms with van der Waals surface area (Å²) in [4.78, 5) is 40.0. The van der Waals surface area contributed by atoms with Gasteiger partial charge in [-0.25, -0.2) is 4.98 Å². The van der Waals surface area contributed by atoms with Gasteiger partial charge in [-0.2, -0.15) is 0 Å². The van der Waals surface area contributed by atoms with Crippen molar-refractivity contribution in [3.63, 3.8) is 0 Å². The number of hydrogen-bond acceptors (Lipinski definition) is 10. The molecule has 0 amide bonds. The molecule has 0 radical (unpaired) electrons. The molecular formula is C25H22N6O4S2. The Bertz CT molecular complexity index is 1670. The van der Waals surface area contributed by atoms with Gasteiger partial charge in [-0.05, 0) is 30.6 Å². The molecule has 12 heteroatoms. The summed E-state index contributed by atoms with van der Waals surface area (Å²) in [6.45, 7) is 0.735. The first-order chi connectivity index (χ1) is 17.8. The van der Waals surface area contributed by atoms with Crippen LogP contribution in [0.5, 0.6) is 5.75 Å². The molecule has 188 valence electrons. The molecule has 1 fully saturated rings. The second kappa shape index (κ2) is 7.83. The standard InChI is InChI=1S/C25H22N6O4S2/c1-31-9-29-23(13(31)6-12(26)24(34)35)37-15-5-11(32)4-14-25(15)7-16(36-14)30-21-18(25)19-17-10(2-3-27-19)8-28-20(17)22(21)33/h4-5,8-9,12,16,27,33H,2-3,6-7,26H2,1H3,(H,34,35)/t12-,16-,25-/m0/s1. The van der Waals surface area contributed by atoms with E-state index in [1.54, 1.807) is 41.9 Å². The Morgan fingerprint density at radius 2 is 2.27 bits per heavy atom. The number of rotatable bonds is 5. The number of benzene rings is 1. The van der Waals surface area contributed by atoms with Gasteiger partial charge in [0.2, 0.25) is 0 Å². The second-order valence-corrected chi connectivity index (χ2v) is 12.0. The number of aliphatic carboxylic acids is 1. The van der Waals surface area contributed by atoms with Gasteiger partial charge in [-0.1, -0.05) is 11.8 Å². The van der Waals surface area contributed by atoms with E-state index in [9.17, 15) is 19.8 Å². The lowest BCUT2D eigenvalue weighted by molar-refractivity contribution is -0.138. The molecule has 2 aromatic rings. The van der Waals surface area contributed by atoms with Gasteiger partial charge in [0.05, 0.1) is 23.1 Å². The number of fused-ring (bicyclic) bond motifs is 3. The second-order valence-electron chi connectivity index (χ2n) is 9.72. The van der Waals surface area contributed by atoms with Crippen LogP contribution in [0.4, 0.5) is 11.4 Å². The number of nitrogens with one attached hydrogen (secondary N) is 1. The Balaban J connectivity index is 1.44. The highest BCUT2D eigenvalue weighted by atomic mass is 32.2. The maximum absolute atomic E-state index is 12.9. The van der Waals surface area contributed by atoms with Gasteiger partial charge in [0.1, 0.15) is 27.5 Å². The van der Waals surface area contributed by atoms with Gasteiger partial charge in [0.15, 0.2) is 11.5 Å². The van der Waals surface area contributed by atoms with E-state index < -0.39 is 17.4 Å². The minimum atomic E-state index is -1.09. The van der Waals surface area contributed by atoms with E-state index in [-0.39, 0.29) is 23.3 Å². The number of carboxylic acid groups (broad SMARTS) is 1. The Hall–Kier alpha value is -3.35. The van der Waals surface area contributed by atoms with Crippen molar-refractivity contribution in [2.45, 2.75) is 41.1 Å². The van der Waals surface area contributed by atoms with E-state index >= 15 is 0 Å². The van der Waals surface area contributed by atoms with Gasteiger partial charge in [0.25, 0.3) is 0 Å². The third kappa shape index (κ3) is 3.09. The number of aromatic hydroxyl groups is 1. The predicted octanol–water partition coefficient (Wildman–Crippen LogP) is 1.24. The average Bonchev–Trinajstić information content (AvgIpc) is 3.53. The van der Waals surface area contributed by atoms with Crippen LogP contribution in [-0.2, 0) is 28.5 Å². The minimum Gasteiger partial charge on any atom is -0.504 e. The van der Waals surface area contributed by atoms with Crippen molar-refractivity contribution in [1.82, 2.24) is 9.55 Å². The van der Waals surface area contributed by atoms with Crippen LogP contribution in [0.25, 0.3) is 5.57 Å². The molecule has 0 unspecified atom stereocenters. The van der Waals surface area contributed by atoms with Gasteiger partial charge in [-0.15, -0.1) is 11.8 Å². The average molecular weight is 535 g/mol. The number of carbonyl (C=O) groups excluding carboxylic acids is 1. The molecule has 2 bridgehead atoms. The summed E-state index contributed by atoms with van der Waals surface area (Å²) in [5.41, 5.74) is 9.26. The molecule has 5 N–H and O–H groups in total. The first-order valence-corrected chi connectivity index (χ1v) is 13.6. The maximum Gasteiger partial charge on any atom is 0.320 e. The molecule has 1 aromatic carbocycles. The summed E-state index contributed by atoms with van der Waals surface area (Å²) >= 11 is 2.91. The van der Waals surface area contributed by atoms with Crippen molar-refractivity contribution in [2.75, 3.05) is 11.9 Å². The highest BCUT2D eigenvalue weighted by Gasteiger charge is 2.55. The summed E-state index contributed by atoms with van der Waals surface area (Å²) in [5, 5.41) is 26.1. The number of carbonyl (C=O) groups is 2. The number of phenols is 1. The SMILES string of the molecule is Cn1cnc(SC2=CC(=O)C=C3S[C@H]4C[C@@]23c2c3c5c(c(O)c2=N4)N=CC=5CCN3)c1C[C@H](N)C(=O)O. The Morgan fingerprint density at radius 1 is 1.43 bits per heavy atom. The number of imidazole rings is 1. The van der Waals surface area contributed by atoms with Crippen LogP contribution in [0.3, 0.4) is 0 Å². The number of allylic oxidation sites excluding steroid dienone is 4. The molecule has 37 heavy (non-hydrogen) atoms. The molecule has 1 spiro atoms. The summed E-state index contributed by atoms with van der Waals surface area (Å²) in [6.07, 6.45) is 8.33. The Kier molecular flexibility index (Phi) is 4.83. The Morgan fingerprint density at radius 3 is 3.08 bits per heavy atom. The number of phenolic OH excluding ortho intramolecular Hbond substituents is 1. The third-order valence-corrected chi connectivity index (χ3v) is 10.1. The number of carboxylic acids is 1. The lowest BCUT2D eigenvalue weighted by Crippen LogP contribution is -2.42. The van der Waals surface area contributed by atoms with Gasteiger partial charge < -0.3 is 25.8 Å². The summed E-state index contributed by atoms with van der Waals surface area (Å²) in [6, 6.07) is -1.08. The maximum atomic E-state index is 12.9. The molecule has 1 aliphatic carbocycles. The zero-order valence-electron chi connectivity index (χ0n) is 19.7. The fraction of sp³-hybridized carbons (Fsp3) is 0.320. The molecule has 3 atom stereocenters. The van der Waals surface area contributed by atoms with Crippen molar-refractivity contribution in [2.24, 2.45) is 22.8 Å². The number of aromatic nitrogens is 2. The highest BCUT2D eigenvalue weighted by Crippen LogP contribution is 2.63. The molecular weight excluding hydrogens is 512 g/mol. The third-order valence-electron chi connectivity index (χ3n) is 7.58. The number of thioether (sulfide) groups is 2. The normalized spacial score (nSPS) is 25.0. The molecule has 7 rings (SSSR count). The number of hydrogen-bond donors (Lipinski definition) is 4. The van der Waals surface area contributed by atoms with E-state index in [2.05, 4.69) is 15.3 Å². The summed E-state index contributed by atoms with van der Waals surface area (Å²) in [5.74, 6) is -1.14. The van der Waals surface area contributed by atoms with Crippen LogP contribution in [0.15, 0.2) is 43.3 Å². The van der Waals surface area contributed by atoms with Crippen molar-refractivity contribution in [3.8, 4) is 5.75 Å². The fourth-order valence-corrected chi connectivity index (χ4v) is 8.70. The largest absolute Gasteiger partial charge is 0.504 e. The topological polar surface area (TPSA) is 155 Å². The molecule has 4 aliphatic heterocycles. The smallest absolute Gasteiger partial charge is 0.320 e. The number of ketones is 1. The summed E-state index contributed by atoms with van der Waals surface area (Å²) < 4.78 is 1.77. The highest BCUT2D eigenvalue weighted by molar-refractivity contribution is 8.05. The van der Waals surface area contributed by atoms with E-state index in [1.165, 1.54) is 11.8 Å². The van der Waals surface area contributed by atoms with Crippen molar-refractivity contribution in [1.29, 1.82) is 0 Å². The molecule has 1 saturated heterocycles. The number of nitrogens with zero attached hydrogens (tertiary/aromatic N) is 4. The quantitative estimate of drug-likeness (QED) is 0.415. The van der Waals surface area contributed by atoms with E-state index in [0.717, 1.165) is 44.8 Å². The lowest BCUT2D eigenvalue weighted by atomic mass is 9.71. The van der Waals surface area contributed by atoms with Gasteiger partial charge in [-0.3, -0.25) is 19.6 Å². The predicted molar refractivity (Wildman–Crippen MR) is 141 cm³/mol. The van der Waals surface area contributed by atoms with Crippen molar-refractivity contribution >= 4 is 58.4 Å². The first-order valence-electron chi connectivity index (χ1n) is 11.9. The Labute approximate surface area is 219 Å². The van der Waals surface area contributed by atoms with Crippen LogP contribution < -0.4 is 21.6 Å². The van der Waals surface area contributed by atoms with Gasteiger partial charge in [0, 0.05) is 46.8 Å². The van der Waals surface area contributed by atoms with Crippen molar-refractivity contribution < 1.29 is 19.8 Å². The lowest BCUT2D eigenvalue weighted by Gasteiger charge is -2.38. The van der Waals surface area contributed by atoms with E-state index in [4.69, 9.17) is 10.7 Å².